The molecule has 0 amide bonds. The average molecular weight is 972 g/mol. The zero-order chi connectivity index (χ0) is 50.6. The molecule has 5 nitrogen and oxygen atoms in total. The Labute approximate surface area is 433 Å². The minimum atomic E-state index is -0.818. The van der Waals surface area contributed by atoms with E-state index in [4.69, 9.17) is 9.47 Å². The molecule has 0 bridgehead atoms. The Bertz CT molecular complexity index is 1380. The zero-order valence-electron chi connectivity index (χ0n) is 45.7. The van der Waals surface area contributed by atoms with Gasteiger partial charge in [-0.2, -0.15) is 0 Å². The fourth-order valence-corrected chi connectivity index (χ4v) is 8.18. The van der Waals surface area contributed by atoms with Crippen molar-refractivity contribution in [3.8, 4) is 0 Å². The lowest BCUT2D eigenvalue weighted by atomic mass is 10.0. The largest absolute Gasteiger partial charge is 0.462 e. The molecule has 5 heteroatoms. The Morgan fingerprint density at radius 1 is 0.343 bits per heavy atom. The topological polar surface area (TPSA) is 72.8 Å². The smallest absolute Gasteiger partial charge is 0.306 e. The van der Waals surface area contributed by atoms with Crippen molar-refractivity contribution in [2.24, 2.45) is 0 Å². The SMILES string of the molecule is CC/C=C\C/C=C\C/C=C\C/C=C\C/C=C\C/C=C\CCC(=O)OC(CO)COC(=O)CCCCCCCCCCCCCCCCCCCCCCCC/C=C\C/C=C\C/C=C\CCCCCCC. The molecular weight excluding hydrogens is 861 g/mol. The number of allylic oxidation sites excluding steroid dienone is 18. The summed E-state index contributed by atoms with van der Waals surface area (Å²) in [5.74, 6) is -0.686. The van der Waals surface area contributed by atoms with E-state index in [0.717, 1.165) is 70.6 Å². The maximum absolute atomic E-state index is 12.2. The number of carbonyl (C=O) groups excluding carboxylic acids is 2. The Balaban J connectivity index is 3.50. The number of carbonyl (C=O) groups is 2. The van der Waals surface area contributed by atoms with Crippen molar-refractivity contribution in [2.45, 2.75) is 277 Å². The van der Waals surface area contributed by atoms with E-state index in [2.05, 4.69) is 111 Å². The van der Waals surface area contributed by atoms with Crippen molar-refractivity contribution in [3.05, 3.63) is 109 Å². The first-order valence-electron chi connectivity index (χ1n) is 29.4. The van der Waals surface area contributed by atoms with Gasteiger partial charge in [-0.1, -0.05) is 277 Å². The fourth-order valence-electron chi connectivity index (χ4n) is 8.18. The third kappa shape index (κ3) is 57.1. The number of hydrogen-bond acceptors (Lipinski definition) is 5. The molecule has 0 aliphatic rings. The molecule has 0 heterocycles. The Hall–Kier alpha value is -3.44. The van der Waals surface area contributed by atoms with E-state index >= 15 is 0 Å². The van der Waals surface area contributed by atoms with Crippen molar-refractivity contribution in [1.82, 2.24) is 0 Å². The van der Waals surface area contributed by atoms with Gasteiger partial charge in [-0.15, -0.1) is 0 Å². The second kappa shape index (κ2) is 59.9. The molecule has 0 saturated heterocycles. The zero-order valence-corrected chi connectivity index (χ0v) is 45.7. The van der Waals surface area contributed by atoms with Crippen LogP contribution in [-0.2, 0) is 19.1 Å². The van der Waals surface area contributed by atoms with Crippen LogP contribution in [0.25, 0.3) is 0 Å². The van der Waals surface area contributed by atoms with Gasteiger partial charge in [0.2, 0.25) is 0 Å². The third-order valence-electron chi connectivity index (χ3n) is 12.6. The predicted octanol–water partition coefficient (Wildman–Crippen LogP) is 20.1. The summed E-state index contributed by atoms with van der Waals surface area (Å²) in [4.78, 5) is 24.5. The maximum atomic E-state index is 12.2. The van der Waals surface area contributed by atoms with Crippen LogP contribution < -0.4 is 0 Å². The van der Waals surface area contributed by atoms with E-state index in [1.54, 1.807) is 0 Å². The normalized spacial score (nSPS) is 13.0. The van der Waals surface area contributed by atoms with Gasteiger partial charge in [0.15, 0.2) is 6.10 Å². The van der Waals surface area contributed by atoms with E-state index in [1.165, 1.54) is 167 Å². The minimum Gasteiger partial charge on any atom is -0.462 e. The molecule has 0 rings (SSSR count). The second-order valence-electron chi connectivity index (χ2n) is 19.3. The van der Waals surface area contributed by atoms with E-state index < -0.39 is 12.1 Å². The summed E-state index contributed by atoms with van der Waals surface area (Å²) in [7, 11) is 0. The van der Waals surface area contributed by atoms with Crippen LogP contribution in [-0.4, -0.2) is 36.4 Å². The molecule has 0 aliphatic heterocycles. The van der Waals surface area contributed by atoms with E-state index in [0.29, 0.717) is 12.8 Å². The molecule has 1 N–H and O–H groups in total. The lowest BCUT2D eigenvalue weighted by Gasteiger charge is -2.15. The van der Waals surface area contributed by atoms with Crippen LogP contribution in [0.1, 0.15) is 271 Å². The summed E-state index contributed by atoms with van der Waals surface area (Å²) in [6, 6.07) is 0. The summed E-state index contributed by atoms with van der Waals surface area (Å²) in [5.41, 5.74) is 0. The molecule has 1 atom stereocenters. The standard InChI is InChI=1S/C65H110O5/c1-3-5-7-9-11-13-15-17-19-21-23-24-25-26-27-28-29-30-31-32-33-34-35-36-37-38-39-40-42-43-45-47-49-51-53-55-57-59-64(67)69-62-63(61-66)70-65(68)60-58-56-54-52-50-48-46-44-41-22-20-18-16-14-12-10-8-6-4-2/h6,8,12,14-15,17-18,20-21,23,25-26,41,44,48,50,54,56,63,66H,3-5,7,9-11,13,16,19,22,24,27-40,42-43,45-47,49,51-53,55,57-62H2,1-2H3/b8-6-,14-12-,17-15-,20-18-,23-21-,26-25-,44-41-,50-48-,56-54-. The Kier molecular flexibility index (Phi) is 56.9. The molecular formula is C65H110O5. The van der Waals surface area contributed by atoms with E-state index in [9.17, 15) is 14.7 Å². The van der Waals surface area contributed by atoms with Gasteiger partial charge in [0.05, 0.1) is 6.61 Å². The van der Waals surface area contributed by atoms with Gasteiger partial charge >= 0.3 is 11.9 Å². The lowest BCUT2D eigenvalue weighted by Crippen LogP contribution is -2.28. The van der Waals surface area contributed by atoms with Gasteiger partial charge < -0.3 is 14.6 Å². The number of esters is 2. The number of aliphatic hydroxyl groups is 1. The summed E-state index contributed by atoms with van der Waals surface area (Å²) < 4.78 is 10.6. The van der Waals surface area contributed by atoms with E-state index in [1.807, 2.05) is 12.2 Å². The summed E-state index contributed by atoms with van der Waals surface area (Å²) in [5, 5.41) is 9.63. The molecule has 0 fully saturated rings. The number of unbranched alkanes of at least 4 members (excludes halogenated alkanes) is 27. The van der Waals surface area contributed by atoms with Crippen molar-refractivity contribution < 1.29 is 24.2 Å². The van der Waals surface area contributed by atoms with Gasteiger partial charge in [-0.3, -0.25) is 9.59 Å². The first-order chi connectivity index (χ1) is 34.6. The molecule has 0 radical (unpaired) electrons. The second-order valence-corrected chi connectivity index (χ2v) is 19.3. The highest BCUT2D eigenvalue weighted by molar-refractivity contribution is 5.70. The number of rotatable bonds is 53. The fraction of sp³-hybridized carbons (Fsp3) is 0.692. The summed E-state index contributed by atoms with van der Waals surface area (Å²) in [6.07, 6.45) is 86.7. The van der Waals surface area contributed by atoms with Crippen molar-refractivity contribution in [1.29, 1.82) is 0 Å². The number of aliphatic hydroxyl groups excluding tert-OH is 1. The molecule has 0 aromatic heterocycles. The monoisotopic (exact) mass is 971 g/mol. The summed E-state index contributed by atoms with van der Waals surface area (Å²) in [6.45, 7) is 3.96. The highest BCUT2D eigenvalue weighted by Crippen LogP contribution is 2.16. The molecule has 0 aliphatic carbocycles. The molecule has 400 valence electrons. The van der Waals surface area contributed by atoms with Gasteiger partial charge in [-0.05, 0) is 89.9 Å². The quantitative estimate of drug-likeness (QED) is 0.0373. The predicted molar refractivity (Wildman–Crippen MR) is 306 cm³/mol. The average Bonchev–Trinajstić information content (AvgIpc) is 3.36. The molecule has 0 aromatic rings. The highest BCUT2D eigenvalue weighted by Gasteiger charge is 2.15. The Morgan fingerprint density at radius 3 is 0.986 bits per heavy atom. The molecule has 70 heavy (non-hydrogen) atoms. The molecule has 0 spiro atoms. The molecule has 1 unspecified atom stereocenters. The van der Waals surface area contributed by atoms with Crippen molar-refractivity contribution in [3.63, 3.8) is 0 Å². The first kappa shape index (κ1) is 66.6. The number of hydrogen-bond donors (Lipinski definition) is 1. The van der Waals surface area contributed by atoms with E-state index in [-0.39, 0.29) is 25.6 Å². The van der Waals surface area contributed by atoms with Gasteiger partial charge in [0, 0.05) is 12.8 Å². The van der Waals surface area contributed by atoms with Gasteiger partial charge in [0.25, 0.3) is 0 Å². The highest BCUT2D eigenvalue weighted by atomic mass is 16.6. The first-order valence-corrected chi connectivity index (χ1v) is 29.4. The van der Waals surface area contributed by atoms with Crippen LogP contribution in [0.2, 0.25) is 0 Å². The van der Waals surface area contributed by atoms with Crippen LogP contribution >= 0.6 is 0 Å². The molecule has 0 aromatic carbocycles. The van der Waals surface area contributed by atoms with Crippen LogP contribution in [0.15, 0.2) is 109 Å². The summed E-state index contributed by atoms with van der Waals surface area (Å²) >= 11 is 0. The number of ether oxygens (including phenoxy) is 2. The lowest BCUT2D eigenvalue weighted by molar-refractivity contribution is -0.161. The van der Waals surface area contributed by atoms with Crippen LogP contribution in [0.5, 0.6) is 0 Å². The van der Waals surface area contributed by atoms with Crippen LogP contribution in [0.4, 0.5) is 0 Å². The third-order valence-corrected chi connectivity index (χ3v) is 12.6. The maximum Gasteiger partial charge on any atom is 0.306 e. The van der Waals surface area contributed by atoms with Crippen molar-refractivity contribution in [2.75, 3.05) is 13.2 Å². The van der Waals surface area contributed by atoms with Crippen LogP contribution in [0.3, 0.4) is 0 Å². The van der Waals surface area contributed by atoms with Crippen LogP contribution in [0, 0.1) is 0 Å². The van der Waals surface area contributed by atoms with Crippen molar-refractivity contribution >= 4 is 11.9 Å². The van der Waals surface area contributed by atoms with Gasteiger partial charge in [-0.25, -0.2) is 0 Å². The Morgan fingerprint density at radius 2 is 0.643 bits per heavy atom. The minimum absolute atomic E-state index is 0.0996. The van der Waals surface area contributed by atoms with Gasteiger partial charge in [0.1, 0.15) is 6.61 Å². The molecule has 0 saturated carbocycles.